The number of hydrogen-bond acceptors (Lipinski definition) is 3. The van der Waals surface area contributed by atoms with Crippen LogP contribution in [-0.4, -0.2) is 11.5 Å². The fraction of sp³-hybridized carbons (Fsp3) is 0.250. The van der Waals surface area contributed by atoms with Gasteiger partial charge in [-0.15, -0.1) is 0 Å². The predicted molar refractivity (Wildman–Crippen MR) is 52.5 cm³/mol. The summed E-state index contributed by atoms with van der Waals surface area (Å²) in [5.74, 6) is 0. The number of benzene rings is 1. The van der Waals surface area contributed by atoms with E-state index in [0.717, 1.165) is 11.3 Å². The molecule has 0 amide bonds. The van der Waals surface area contributed by atoms with E-state index < -0.39 is 6.04 Å². The average molecular weight is 243 g/mol. The molecule has 0 radical (unpaired) electrons. The Morgan fingerprint density at radius 2 is 2.23 bits per heavy atom. The maximum absolute atomic E-state index is 10.7. The molecule has 1 unspecified atom stereocenters. The van der Waals surface area contributed by atoms with Crippen LogP contribution in [0.15, 0.2) is 24.3 Å². The van der Waals surface area contributed by atoms with Gasteiger partial charge < -0.3 is 3.93 Å². The highest BCUT2D eigenvalue weighted by molar-refractivity contribution is 9.10. The van der Waals surface area contributed by atoms with Crippen LogP contribution in [0.1, 0.15) is 11.6 Å². The summed E-state index contributed by atoms with van der Waals surface area (Å²) in [6, 6.07) is 6.75. The van der Waals surface area contributed by atoms with Gasteiger partial charge in [0.1, 0.15) is 6.54 Å². The summed E-state index contributed by atoms with van der Waals surface area (Å²) in [5, 5.41) is 10.7. The molecule has 0 aromatic heterocycles. The van der Waals surface area contributed by atoms with Crippen molar-refractivity contribution < 1.29 is 4.92 Å². The first-order valence-electron chi connectivity index (χ1n) is 3.86. The highest BCUT2D eigenvalue weighted by Crippen LogP contribution is 2.37. The number of para-hydroxylation sites is 1. The maximum Gasteiger partial charge on any atom is 0.258 e. The molecule has 1 aromatic rings. The van der Waals surface area contributed by atoms with E-state index in [2.05, 4.69) is 16.1 Å². The summed E-state index contributed by atoms with van der Waals surface area (Å²) < 4.78 is 1.73. The maximum atomic E-state index is 10.7. The third-order valence-electron chi connectivity index (χ3n) is 2.14. The van der Waals surface area contributed by atoms with Gasteiger partial charge in [0.2, 0.25) is 0 Å². The predicted octanol–water partition coefficient (Wildman–Crippen LogP) is 2.13. The van der Waals surface area contributed by atoms with E-state index in [9.17, 15) is 10.1 Å². The third-order valence-corrected chi connectivity index (χ3v) is 2.82. The Bertz CT molecular complexity index is 356. The normalized spacial score (nSPS) is 20.1. The Hall–Kier alpha value is -1.10. The van der Waals surface area contributed by atoms with Gasteiger partial charge >= 0.3 is 0 Å². The lowest BCUT2D eigenvalue weighted by Crippen LogP contribution is -2.15. The quantitative estimate of drug-likeness (QED) is 0.431. The van der Waals surface area contributed by atoms with Gasteiger partial charge in [-0.2, -0.15) is 0 Å². The van der Waals surface area contributed by atoms with Crippen LogP contribution in [0.25, 0.3) is 0 Å². The average Bonchev–Trinajstić information content (AvgIpc) is 2.45. The molecule has 0 N–H and O–H groups in total. The molecule has 0 saturated heterocycles. The summed E-state index contributed by atoms with van der Waals surface area (Å²) in [5.41, 5.74) is 1.67. The van der Waals surface area contributed by atoms with Crippen molar-refractivity contribution in [2.45, 2.75) is 6.04 Å². The number of nitrogens with zero attached hydrogens (tertiary/aromatic N) is 2. The van der Waals surface area contributed by atoms with Crippen molar-refractivity contribution in [3.63, 3.8) is 0 Å². The van der Waals surface area contributed by atoms with Crippen LogP contribution >= 0.6 is 16.1 Å². The Morgan fingerprint density at radius 1 is 1.54 bits per heavy atom. The molecule has 13 heavy (non-hydrogen) atoms. The molecule has 1 aliphatic rings. The number of nitro groups is 1. The van der Waals surface area contributed by atoms with Crippen molar-refractivity contribution in [2.24, 2.45) is 0 Å². The van der Waals surface area contributed by atoms with Crippen LogP contribution in [0.4, 0.5) is 5.69 Å². The van der Waals surface area contributed by atoms with E-state index in [1.54, 1.807) is 9.99 Å². The van der Waals surface area contributed by atoms with E-state index in [-0.39, 0.29) is 4.92 Å². The highest BCUT2D eigenvalue weighted by atomic mass is 79.9. The lowest BCUT2D eigenvalue weighted by molar-refractivity contribution is -0.524. The molecule has 1 aromatic carbocycles. The summed E-state index contributed by atoms with van der Waals surface area (Å²) >= 11 is 3.27. The first kappa shape index (κ1) is 8.50. The Labute approximate surface area is 83.6 Å². The summed E-state index contributed by atoms with van der Waals surface area (Å²) in [6.07, 6.45) is 0. The molecule has 0 bridgehead atoms. The first-order chi connectivity index (χ1) is 6.20. The van der Waals surface area contributed by atoms with Crippen LogP contribution in [-0.2, 0) is 0 Å². The second-order valence-electron chi connectivity index (χ2n) is 2.90. The zero-order valence-corrected chi connectivity index (χ0v) is 8.27. The minimum atomic E-state index is -0.601. The highest BCUT2D eigenvalue weighted by Gasteiger charge is 2.35. The monoisotopic (exact) mass is 242 g/mol. The molecule has 1 atom stereocenters. The Kier molecular flexibility index (Phi) is 1.95. The summed E-state index contributed by atoms with van der Waals surface area (Å²) in [6.45, 7) is 0.395. The van der Waals surface area contributed by atoms with Crippen LogP contribution in [0.2, 0.25) is 0 Å². The van der Waals surface area contributed by atoms with Crippen molar-refractivity contribution in [1.29, 1.82) is 0 Å². The van der Waals surface area contributed by atoms with Gasteiger partial charge in [0.25, 0.3) is 6.04 Å². The molecule has 0 fully saturated rings. The van der Waals surface area contributed by atoms with E-state index in [4.69, 9.17) is 0 Å². The Balaban J connectivity index is 2.47. The van der Waals surface area contributed by atoms with Gasteiger partial charge in [-0.25, -0.2) is 0 Å². The fourth-order valence-electron chi connectivity index (χ4n) is 1.52. The molecule has 68 valence electrons. The van der Waals surface area contributed by atoms with Crippen molar-refractivity contribution >= 4 is 21.8 Å². The molecule has 5 heteroatoms. The van der Waals surface area contributed by atoms with Gasteiger partial charge in [-0.05, 0) is 12.1 Å². The second kappa shape index (κ2) is 2.99. The van der Waals surface area contributed by atoms with Crippen LogP contribution in [0.5, 0.6) is 0 Å². The lowest BCUT2D eigenvalue weighted by atomic mass is 10.1. The van der Waals surface area contributed by atoms with E-state index >= 15 is 0 Å². The molecule has 1 aliphatic heterocycles. The molecule has 2 rings (SSSR count). The van der Waals surface area contributed by atoms with Crippen molar-refractivity contribution in [3.05, 3.63) is 39.9 Å². The zero-order chi connectivity index (χ0) is 9.42. The smallest absolute Gasteiger partial charge is 0.258 e. The standard InChI is InChI=1S/C8H7BrN2O2/c9-10-5-8(11(12)13)6-3-1-2-4-7(6)10/h1-4,8H,5H2. The molecular weight excluding hydrogens is 236 g/mol. The number of anilines is 1. The van der Waals surface area contributed by atoms with Gasteiger partial charge in [-0.1, -0.05) is 12.1 Å². The molecule has 0 spiro atoms. The van der Waals surface area contributed by atoms with Crippen molar-refractivity contribution in [3.8, 4) is 0 Å². The molecule has 4 nitrogen and oxygen atoms in total. The first-order valence-corrected chi connectivity index (χ1v) is 4.57. The molecule has 1 heterocycles. The van der Waals surface area contributed by atoms with Crippen LogP contribution in [0, 0.1) is 10.1 Å². The SMILES string of the molecule is O=[N+]([O-])C1CN(Br)c2ccccc21. The van der Waals surface area contributed by atoms with Gasteiger partial charge in [0.05, 0.1) is 11.3 Å². The van der Waals surface area contributed by atoms with Crippen LogP contribution in [0.3, 0.4) is 0 Å². The number of hydrogen-bond donors (Lipinski definition) is 0. The fourth-order valence-corrected chi connectivity index (χ4v) is 2.12. The summed E-state index contributed by atoms with van der Waals surface area (Å²) in [7, 11) is 0. The minimum absolute atomic E-state index is 0.250. The van der Waals surface area contributed by atoms with E-state index in [1.807, 2.05) is 18.2 Å². The van der Waals surface area contributed by atoms with E-state index in [0.29, 0.717) is 6.54 Å². The van der Waals surface area contributed by atoms with E-state index in [1.165, 1.54) is 0 Å². The van der Waals surface area contributed by atoms with Crippen molar-refractivity contribution in [1.82, 2.24) is 0 Å². The second-order valence-corrected chi connectivity index (χ2v) is 3.76. The topological polar surface area (TPSA) is 46.4 Å². The molecule has 0 aliphatic carbocycles. The zero-order valence-electron chi connectivity index (χ0n) is 6.68. The van der Waals surface area contributed by atoms with Gasteiger partial charge in [0, 0.05) is 21.1 Å². The third kappa shape index (κ3) is 1.29. The van der Waals surface area contributed by atoms with Gasteiger partial charge in [-0.3, -0.25) is 10.1 Å². The largest absolute Gasteiger partial charge is 0.301 e. The van der Waals surface area contributed by atoms with Crippen LogP contribution < -0.4 is 3.93 Å². The molecular formula is C8H7BrN2O2. The lowest BCUT2D eigenvalue weighted by Gasteiger charge is -2.05. The number of fused-ring (bicyclic) bond motifs is 1. The Morgan fingerprint density at radius 3 is 2.92 bits per heavy atom. The van der Waals surface area contributed by atoms with Gasteiger partial charge in [0.15, 0.2) is 0 Å². The number of halogens is 1. The summed E-state index contributed by atoms with van der Waals surface area (Å²) in [4.78, 5) is 10.4. The van der Waals surface area contributed by atoms with Crippen molar-refractivity contribution in [2.75, 3.05) is 10.5 Å². The number of rotatable bonds is 1. The minimum Gasteiger partial charge on any atom is -0.301 e. The molecule has 0 saturated carbocycles.